The number of hydrogen-bond acceptors (Lipinski definition) is 4. The Morgan fingerprint density at radius 2 is 1.82 bits per heavy atom. The zero-order valence-corrected chi connectivity index (χ0v) is 12.8. The molecule has 1 heterocycles. The van der Waals surface area contributed by atoms with E-state index in [9.17, 15) is 18.0 Å². The largest absolute Gasteiger partial charge is 0.351 e. The Morgan fingerprint density at radius 3 is 2.45 bits per heavy atom. The fourth-order valence-electron chi connectivity index (χ4n) is 1.87. The topological polar surface area (TPSA) is 85.2 Å². The lowest BCUT2D eigenvalue weighted by Gasteiger charge is -2.07. The maximum absolute atomic E-state index is 12.1. The molecule has 0 atom stereocenters. The van der Waals surface area contributed by atoms with E-state index >= 15 is 0 Å². The summed E-state index contributed by atoms with van der Waals surface area (Å²) >= 11 is 0. The molecule has 1 amide bonds. The van der Waals surface area contributed by atoms with Gasteiger partial charge in [0.05, 0.1) is 16.2 Å². The van der Waals surface area contributed by atoms with Crippen LogP contribution in [0.5, 0.6) is 0 Å². The average molecular weight is 320 g/mol. The van der Waals surface area contributed by atoms with Crippen LogP contribution in [-0.4, -0.2) is 31.2 Å². The van der Waals surface area contributed by atoms with Gasteiger partial charge < -0.3 is 9.88 Å². The number of hydrogen-bond donors (Lipinski definition) is 1. The Kier molecular flexibility index (Phi) is 4.77. The van der Waals surface area contributed by atoms with Gasteiger partial charge >= 0.3 is 0 Å². The fraction of sp³-hybridized carbons (Fsp3) is 0.200. The summed E-state index contributed by atoms with van der Waals surface area (Å²) in [7, 11) is -1.88. The van der Waals surface area contributed by atoms with Crippen LogP contribution in [0.1, 0.15) is 10.4 Å². The lowest BCUT2D eigenvalue weighted by Crippen LogP contribution is -2.30. The number of sulfone groups is 1. The van der Waals surface area contributed by atoms with E-state index < -0.39 is 15.7 Å². The number of rotatable bonds is 5. The van der Waals surface area contributed by atoms with Gasteiger partial charge in [-0.1, -0.05) is 18.2 Å². The number of nitrogens with one attached hydrogen (secondary N) is 1. The number of amides is 1. The third-order valence-electron chi connectivity index (χ3n) is 3.11. The first-order valence-corrected chi connectivity index (χ1v) is 8.28. The van der Waals surface area contributed by atoms with E-state index in [2.05, 4.69) is 5.32 Å². The first-order chi connectivity index (χ1) is 10.4. The van der Waals surface area contributed by atoms with Crippen LogP contribution in [0.4, 0.5) is 0 Å². The third-order valence-corrected chi connectivity index (χ3v) is 4.84. The van der Waals surface area contributed by atoms with Gasteiger partial charge in [0.15, 0.2) is 9.84 Å². The minimum absolute atomic E-state index is 0.00109. The molecule has 0 saturated heterocycles. The predicted molar refractivity (Wildman–Crippen MR) is 82.5 cm³/mol. The molecular formula is C15H16N2O4S. The van der Waals surface area contributed by atoms with Crippen LogP contribution in [-0.2, 0) is 16.9 Å². The van der Waals surface area contributed by atoms with Crippen LogP contribution in [0.3, 0.4) is 0 Å². The molecule has 6 nitrogen and oxygen atoms in total. The smallest absolute Gasteiger partial charge is 0.252 e. The summed E-state index contributed by atoms with van der Waals surface area (Å²) in [5.74, 6) is -0.604. The Morgan fingerprint density at radius 1 is 1.14 bits per heavy atom. The van der Waals surface area contributed by atoms with Crippen LogP contribution in [0.15, 0.2) is 58.4 Å². The van der Waals surface area contributed by atoms with Crippen molar-refractivity contribution in [3.05, 3.63) is 64.6 Å². The molecule has 1 aromatic heterocycles. The predicted octanol–water partition coefficient (Wildman–Crippen LogP) is 0.589. The van der Waals surface area contributed by atoms with Gasteiger partial charge in [-0.3, -0.25) is 9.59 Å². The first kappa shape index (κ1) is 16.0. The Hall–Kier alpha value is -2.41. The highest BCUT2D eigenvalue weighted by Gasteiger charge is 2.14. The molecule has 0 bridgehead atoms. The summed E-state index contributed by atoms with van der Waals surface area (Å²) in [6.07, 6.45) is 1.41. The summed E-state index contributed by atoms with van der Waals surface area (Å²) < 4.78 is 25.4. The summed E-state index contributed by atoms with van der Waals surface area (Å²) in [5.41, 5.74) is 0.0856. The molecule has 2 aromatic rings. The van der Waals surface area contributed by atoms with E-state index in [0.717, 1.165) is 0 Å². The average Bonchev–Trinajstić information content (AvgIpc) is 2.50. The first-order valence-electron chi connectivity index (χ1n) is 6.63. The molecule has 0 fully saturated rings. The van der Waals surface area contributed by atoms with Crippen molar-refractivity contribution in [3.8, 4) is 0 Å². The summed E-state index contributed by atoms with van der Waals surface area (Å²) in [5, 5.41) is 2.54. The van der Waals surface area contributed by atoms with Gasteiger partial charge in [-0.05, 0) is 18.2 Å². The maximum Gasteiger partial charge on any atom is 0.252 e. The number of aryl methyl sites for hydroxylation is 1. The van der Waals surface area contributed by atoms with E-state index in [1.807, 2.05) is 0 Å². The number of carbonyl (C=O) groups is 1. The Bertz CT molecular complexity index is 826. The van der Waals surface area contributed by atoms with Crippen molar-refractivity contribution in [3.63, 3.8) is 0 Å². The van der Waals surface area contributed by atoms with E-state index in [0.29, 0.717) is 5.56 Å². The molecule has 1 N–H and O–H groups in total. The van der Waals surface area contributed by atoms with Crippen molar-refractivity contribution in [2.45, 2.75) is 4.90 Å². The third kappa shape index (κ3) is 3.82. The maximum atomic E-state index is 12.1. The number of aromatic nitrogens is 1. The van der Waals surface area contributed by atoms with Gasteiger partial charge in [0.25, 0.3) is 5.91 Å². The molecule has 0 spiro atoms. The number of benzene rings is 1. The van der Waals surface area contributed by atoms with Crippen LogP contribution in [0, 0.1) is 0 Å². The van der Waals surface area contributed by atoms with E-state index in [4.69, 9.17) is 0 Å². The second kappa shape index (κ2) is 6.57. The Labute approximate surface area is 128 Å². The molecule has 2 rings (SSSR count). The molecule has 22 heavy (non-hydrogen) atoms. The van der Waals surface area contributed by atoms with Crippen molar-refractivity contribution >= 4 is 15.7 Å². The zero-order valence-electron chi connectivity index (χ0n) is 12.0. The lowest BCUT2D eigenvalue weighted by atomic mass is 10.2. The summed E-state index contributed by atoms with van der Waals surface area (Å²) in [6, 6.07) is 10.8. The summed E-state index contributed by atoms with van der Waals surface area (Å²) in [6.45, 7) is -0.00109. The van der Waals surface area contributed by atoms with Gasteiger partial charge in [-0.25, -0.2) is 8.42 Å². The molecule has 0 saturated carbocycles. The minimum atomic E-state index is -3.42. The molecule has 116 valence electrons. The highest BCUT2D eigenvalue weighted by atomic mass is 32.2. The van der Waals surface area contributed by atoms with Crippen LogP contribution >= 0.6 is 0 Å². The van der Waals surface area contributed by atoms with Crippen molar-refractivity contribution < 1.29 is 13.2 Å². The minimum Gasteiger partial charge on any atom is -0.351 e. The van der Waals surface area contributed by atoms with Crippen LogP contribution in [0.25, 0.3) is 0 Å². The highest BCUT2D eigenvalue weighted by molar-refractivity contribution is 7.91. The van der Waals surface area contributed by atoms with Gasteiger partial charge in [-0.2, -0.15) is 0 Å². The standard InChI is InChI=1S/C15H16N2O4S/c1-17-11-12(7-8-14(17)18)15(19)16-9-10-22(20,21)13-5-3-2-4-6-13/h2-8,11H,9-10H2,1H3,(H,16,19). The molecule has 0 aliphatic heterocycles. The van der Waals surface area contributed by atoms with E-state index in [1.165, 1.54) is 35.0 Å². The number of pyridine rings is 1. The van der Waals surface area contributed by atoms with Crippen molar-refractivity contribution in [2.75, 3.05) is 12.3 Å². The monoisotopic (exact) mass is 320 g/mol. The molecule has 0 radical (unpaired) electrons. The number of nitrogens with zero attached hydrogens (tertiary/aromatic N) is 1. The molecule has 0 aliphatic rings. The van der Waals surface area contributed by atoms with Gasteiger partial charge in [0.2, 0.25) is 5.56 Å². The normalized spacial score (nSPS) is 11.1. The molecule has 0 aliphatic carbocycles. The molecule has 0 unspecified atom stereocenters. The number of carbonyl (C=O) groups excluding carboxylic acids is 1. The van der Waals surface area contributed by atoms with Gasteiger partial charge in [0.1, 0.15) is 0 Å². The second-order valence-corrected chi connectivity index (χ2v) is 6.86. The summed E-state index contributed by atoms with van der Waals surface area (Å²) in [4.78, 5) is 23.4. The van der Waals surface area contributed by atoms with Gasteiger partial charge in [0, 0.05) is 25.9 Å². The molecular weight excluding hydrogens is 304 g/mol. The quantitative estimate of drug-likeness (QED) is 0.874. The Balaban J connectivity index is 1.97. The second-order valence-electron chi connectivity index (χ2n) is 4.75. The van der Waals surface area contributed by atoms with Gasteiger partial charge in [-0.15, -0.1) is 0 Å². The molecule has 7 heteroatoms. The van der Waals surface area contributed by atoms with Crippen LogP contribution < -0.4 is 10.9 Å². The van der Waals surface area contributed by atoms with E-state index in [1.54, 1.807) is 25.2 Å². The van der Waals surface area contributed by atoms with Crippen LogP contribution in [0.2, 0.25) is 0 Å². The molecule has 1 aromatic carbocycles. The zero-order chi connectivity index (χ0) is 16.2. The van der Waals surface area contributed by atoms with Crippen molar-refractivity contribution in [1.82, 2.24) is 9.88 Å². The van der Waals surface area contributed by atoms with Crippen molar-refractivity contribution in [1.29, 1.82) is 0 Å². The van der Waals surface area contributed by atoms with Crippen molar-refractivity contribution in [2.24, 2.45) is 7.05 Å². The lowest BCUT2D eigenvalue weighted by molar-refractivity contribution is 0.0955. The van der Waals surface area contributed by atoms with E-state index in [-0.39, 0.29) is 22.8 Å². The SMILES string of the molecule is Cn1cc(C(=O)NCCS(=O)(=O)c2ccccc2)ccc1=O. The fourth-order valence-corrected chi connectivity index (χ4v) is 3.05. The highest BCUT2D eigenvalue weighted by Crippen LogP contribution is 2.09.